The lowest BCUT2D eigenvalue weighted by molar-refractivity contribution is 0.0687. The van der Waals surface area contributed by atoms with Crippen molar-refractivity contribution < 1.29 is 9.90 Å². The van der Waals surface area contributed by atoms with E-state index in [-0.39, 0.29) is 5.69 Å². The lowest BCUT2D eigenvalue weighted by Crippen LogP contribution is -2.10. The van der Waals surface area contributed by atoms with Gasteiger partial charge >= 0.3 is 5.97 Å². The Labute approximate surface area is 98.1 Å². The van der Waals surface area contributed by atoms with Crippen LogP contribution in [-0.4, -0.2) is 25.7 Å². The van der Waals surface area contributed by atoms with Gasteiger partial charge in [-0.1, -0.05) is 12.8 Å². The minimum absolute atomic E-state index is 0.196. The Morgan fingerprint density at radius 1 is 1.41 bits per heavy atom. The lowest BCUT2D eigenvalue weighted by atomic mass is 10.0. The lowest BCUT2D eigenvalue weighted by Gasteiger charge is -2.10. The Hall–Kier alpha value is -1.91. The molecule has 2 aromatic rings. The van der Waals surface area contributed by atoms with Crippen LogP contribution in [0.15, 0.2) is 18.3 Å². The van der Waals surface area contributed by atoms with Gasteiger partial charge in [-0.15, -0.1) is 0 Å². The zero-order chi connectivity index (χ0) is 11.8. The van der Waals surface area contributed by atoms with E-state index >= 15 is 0 Å². The van der Waals surface area contributed by atoms with Crippen LogP contribution in [0, 0.1) is 0 Å². The van der Waals surface area contributed by atoms with E-state index in [4.69, 9.17) is 0 Å². The van der Waals surface area contributed by atoms with E-state index in [1.807, 2.05) is 0 Å². The molecule has 0 spiro atoms. The third-order valence-corrected chi connectivity index (χ3v) is 3.37. The molecule has 0 radical (unpaired) electrons. The zero-order valence-electron chi connectivity index (χ0n) is 9.33. The van der Waals surface area contributed by atoms with Gasteiger partial charge in [0, 0.05) is 17.7 Å². The second-order valence-electron chi connectivity index (χ2n) is 4.45. The van der Waals surface area contributed by atoms with Gasteiger partial charge in [-0.2, -0.15) is 5.10 Å². The summed E-state index contributed by atoms with van der Waals surface area (Å²) in [5.41, 5.74) is 1.71. The van der Waals surface area contributed by atoms with Gasteiger partial charge in [-0.05, 0) is 18.9 Å². The molecule has 0 bridgehead atoms. The average Bonchev–Trinajstić information content (AvgIpc) is 2.98. The van der Waals surface area contributed by atoms with Crippen molar-refractivity contribution in [1.82, 2.24) is 14.6 Å². The number of carboxylic acid groups (broad SMARTS) is 1. The molecular formula is C12H13N3O2. The van der Waals surface area contributed by atoms with E-state index in [9.17, 15) is 9.90 Å². The fraction of sp³-hybridized carbons (Fsp3) is 0.417. The third-order valence-electron chi connectivity index (χ3n) is 3.37. The highest BCUT2D eigenvalue weighted by atomic mass is 16.4. The highest BCUT2D eigenvalue weighted by molar-refractivity contribution is 5.86. The van der Waals surface area contributed by atoms with Gasteiger partial charge in [-0.25, -0.2) is 14.3 Å². The van der Waals surface area contributed by atoms with E-state index in [0.717, 1.165) is 18.5 Å². The van der Waals surface area contributed by atoms with Crippen molar-refractivity contribution in [2.24, 2.45) is 0 Å². The number of nitrogens with zero attached hydrogens (tertiary/aromatic N) is 3. The van der Waals surface area contributed by atoms with E-state index in [1.54, 1.807) is 18.3 Å². The molecule has 88 valence electrons. The van der Waals surface area contributed by atoms with Crippen molar-refractivity contribution in [3.63, 3.8) is 0 Å². The molecule has 1 aliphatic carbocycles. The largest absolute Gasteiger partial charge is 0.477 e. The summed E-state index contributed by atoms with van der Waals surface area (Å²) in [7, 11) is 0. The van der Waals surface area contributed by atoms with Crippen LogP contribution in [0.3, 0.4) is 0 Å². The van der Waals surface area contributed by atoms with E-state index in [2.05, 4.69) is 10.1 Å². The Morgan fingerprint density at radius 3 is 2.88 bits per heavy atom. The Morgan fingerprint density at radius 2 is 2.18 bits per heavy atom. The second kappa shape index (κ2) is 3.84. The number of hydrogen-bond acceptors (Lipinski definition) is 3. The van der Waals surface area contributed by atoms with Crippen LogP contribution in [0.1, 0.15) is 47.8 Å². The number of carbonyl (C=O) groups is 1. The first-order valence-electron chi connectivity index (χ1n) is 5.83. The van der Waals surface area contributed by atoms with Crippen LogP contribution in [0.4, 0.5) is 0 Å². The molecule has 1 aliphatic rings. The summed E-state index contributed by atoms with van der Waals surface area (Å²) in [4.78, 5) is 15.7. The fourth-order valence-corrected chi connectivity index (χ4v) is 2.52. The smallest absolute Gasteiger partial charge is 0.354 e. The minimum Gasteiger partial charge on any atom is -0.477 e. The quantitative estimate of drug-likeness (QED) is 0.859. The summed E-state index contributed by atoms with van der Waals surface area (Å²) in [6.45, 7) is 0. The maximum Gasteiger partial charge on any atom is 0.354 e. The molecule has 1 fully saturated rings. The maximum absolute atomic E-state index is 11.2. The van der Waals surface area contributed by atoms with Gasteiger partial charge < -0.3 is 5.11 Å². The topological polar surface area (TPSA) is 67.5 Å². The van der Waals surface area contributed by atoms with Crippen LogP contribution in [0.2, 0.25) is 0 Å². The summed E-state index contributed by atoms with van der Waals surface area (Å²) in [6.07, 6.45) is 6.21. The molecule has 0 atom stereocenters. The molecule has 0 unspecified atom stereocenters. The predicted molar refractivity (Wildman–Crippen MR) is 61.2 cm³/mol. The van der Waals surface area contributed by atoms with Crippen molar-refractivity contribution >= 4 is 11.6 Å². The molecule has 2 aromatic heterocycles. The normalized spacial score (nSPS) is 16.7. The van der Waals surface area contributed by atoms with Gasteiger partial charge in [0.15, 0.2) is 11.3 Å². The predicted octanol–water partition coefficient (Wildman–Crippen LogP) is 2.09. The molecule has 1 N–H and O–H groups in total. The zero-order valence-corrected chi connectivity index (χ0v) is 9.33. The molecule has 5 heteroatoms. The standard InChI is InChI=1S/C12H13N3O2/c16-12(17)10-7-9(8-3-1-2-4-8)14-11-5-6-13-15(10)11/h5-8H,1-4H2,(H,16,17). The molecule has 5 nitrogen and oxygen atoms in total. The third kappa shape index (κ3) is 1.67. The Bertz CT molecular complexity index is 570. The van der Waals surface area contributed by atoms with Crippen LogP contribution in [-0.2, 0) is 0 Å². The van der Waals surface area contributed by atoms with Crippen molar-refractivity contribution in [3.8, 4) is 0 Å². The highest BCUT2D eigenvalue weighted by Crippen LogP contribution is 2.33. The first-order chi connectivity index (χ1) is 8.25. The monoisotopic (exact) mass is 231 g/mol. The molecule has 0 amide bonds. The average molecular weight is 231 g/mol. The minimum atomic E-state index is -0.958. The van der Waals surface area contributed by atoms with Gasteiger partial charge in [0.25, 0.3) is 0 Å². The first-order valence-corrected chi connectivity index (χ1v) is 5.83. The molecule has 17 heavy (non-hydrogen) atoms. The number of rotatable bonds is 2. The fourth-order valence-electron chi connectivity index (χ4n) is 2.52. The number of carboxylic acids is 1. The highest BCUT2D eigenvalue weighted by Gasteiger charge is 2.21. The van der Waals surface area contributed by atoms with Gasteiger partial charge in [0.2, 0.25) is 0 Å². The number of aromatic nitrogens is 3. The summed E-state index contributed by atoms with van der Waals surface area (Å²) in [6, 6.07) is 3.41. The van der Waals surface area contributed by atoms with Crippen LogP contribution < -0.4 is 0 Å². The van der Waals surface area contributed by atoms with Crippen molar-refractivity contribution in [3.05, 3.63) is 29.7 Å². The van der Waals surface area contributed by atoms with E-state index < -0.39 is 5.97 Å². The Balaban J connectivity index is 2.16. The summed E-state index contributed by atoms with van der Waals surface area (Å²) < 4.78 is 1.38. The molecule has 0 aromatic carbocycles. The summed E-state index contributed by atoms with van der Waals surface area (Å²) >= 11 is 0. The van der Waals surface area contributed by atoms with Gasteiger partial charge in [0.05, 0.1) is 6.20 Å². The van der Waals surface area contributed by atoms with Crippen molar-refractivity contribution in [2.45, 2.75) is 31.6 Å². The molecule has 1 saturated carbocycles. The maximum atomic E-state index is 11.2. The van der Waals surface area contributed by atoms with Crippen LogP contribution in [0.5, 0.6) is 0 Å². The molecule has 0 saturated heterocycles. The molecule has 3 rings (SSSR count). The SMILES string of the molecule is O=C(O)c1cc(C2CCCC2)nc2ccnn12. The number of hydrogen-bond donors (Lipinski definition) is 1. The van der Waals surface area contributed by atoms with Crippen molar-refractivity contribution in [1.29, 1.82) is 0 Å². The summed E-state index contributed by atoms with van der Waals surface area (Å²) in [5.74, 6) is -0.548. The second-order valence-corrected chi connectivity index (χ2v) is 4.45. The van der Waals surface area contributed by atoms with E-state index in [1.165, 1.54) is 17.4 Å². The number of aromatic carboxylic acids is 1. The number of fused-ring (bicyclic) bond motifs is 1. The van der Waals surface area contributed by atoms with Gasteiger partial charge in [0.1, 0.15) is 0 Å². The molecule has 0 aliphatic heterocycles. The van der Waals surface area contributed by atoms with Gasteiger partial charge in [-0.3, -0.25) is 0 Å². The van der Waals surface area contributed by atoms with Crippen LogP contribution in [0.25, 0.3) is 5.65 Å². The van der Waals surface area contributed by atoms with Crippen molar-refractivity contribution in [2.75, 3.05) is 0 Å². The summed E-state index contributed by atoms with van der Waals surface area (Å²) in [5, 5.41) is 13.2. The molecule has 2 heterocycles. The molecular weight excluding hydrogens is 218 g/mol. The van der Waals surface area contributed by atoms with E-state index in [0.29, 0.717) is 11.6 Å². The Kier molecular flexibility index (Phi) is 2.31. The first kappa shape index (κ1) is 10.3. The van der Waals surface area contributed by atoms with Crippen LogP contribution >= 0.6 is 0 Å².